The molecule has 17 heavy (non-hydrogen) atoms. The SMILES string of the molecule is O=C=NC1(c2cc3c(c(Br)c2O)CCC3)CC1. The van der Waals surface area contributed by atoms with Gasteiger partial charge >= 0.3 is 0 Å². The van der Waals surface area contributed by atoms with Gasteiger partial charge in [0.15, 0.2) is 0 Å². The van der Waals surface area contributed by atoms with Crippen LogP contribution in [-0.2, 0) is 23.2 Å². The summed E-state index contributed by atoms with van der Waals surface area (Å²) >= 11 is 3.46. The zero-order valence-electron chi connectivity index (χ0n) is 9.29. The Balaban J connectivity index is 2.19. The van der Waals surface area contributed by atoms with Gasteiger partial charge in [0, 0.05) is 5.56 Å². The first kappa shape index (κ1) is 11.0. The Bertz CT molecular complexity index is 543. The summed E-state index contributed by atoms with van der Waals surface area (Å²) in [5.74, 6) is 0.252. The van der Waals surface area contributed by atoms with Crippen LogP contribution in [0.2, 0.25) is 0 Å². The van der Waals surface area contributed by atoms with Gasteiger partial charge in [-0.15, -0.1) is 0 Å². The van der Waals surface area contributed by atoms with Crippen molar-refractivity contribution in [3.05, 3.63) is 27.2 Å². The predicted molar refractivity (Wildman–Crippen MR) is 66.9 cm³/mol. The quantitative estimate of drug-likeness (QED) is 0.673. The highest BCUT2D eigenvalue weighted by Gasteiger charge is 2.47. The summed E-state index contributed by atoms with van der Waals surface area (Å²) < 4.78 is 0.787. The largest absolute Gasteiger partial charge is 0.506 e. The highest BCUT2D eigenvalue weighted by Crippen LogP contribution is 2.54. The van der Waals surface area contributed by atoms with Crippen LogP contribution in [0.4, 0.5) is 0 Å². The number of hydrogen-bond donors (Lipinski definition) is 1. The smallest absolute Gasteiger partial charge is 0.235 e. The second-order valence-electron chi connectivity index (χ2n) is 4.81. The van der Waals surface area contributed by atoms with Crippen LogP contribution in [0.1, 0.15) is 36.0 Å². The van der Waals surface area contributed by atoms with Gasteiger partial charge in [0.25, 0.3) is 0 Å². The molecule has 1 aromatic carbocycles. The second kappa shape index (κ2) is 3.69. The van der Waals surface area contributed by atoms with Crippen LogP contribution in [0.25, 0.3) is 0 Å². The molecule has 88 valence electrons. The lowest BCUT2D eigenvalue weighted by atomic mass is 9.98. The minimum atomic E-state index is -0.494. The Kier molecular flexibility index (Phi) is 2.39. The molecule has 0 saturated heterocycles. The molecule has 0 heterocycles. The van der Waals surface area contributed by atoms with Gasteiger partial charge in [-0.2, -0.15) is 4.99 Å². The molecule has 0 bridgehead atoms. The van der Waals surface area contributed by atoms with Crippen molar-refractivity contribution in [3.63, 3.8) is 0 Å². The summed E-state index contributed by atoms with van der Waals surface area (Å²) in [5.41, 5.74) is 2.77. The molecule has 3 rings (SSSR count). The van der Waals surface area contributed by atoms with Gasteiger partial charge in [-0.3, -0.25) is 0 Å². The van der Waals surface area contributed by atoms with Gasteiger partial charge in [-0.05, 0) is 65.2 Å². The predicted octanol–water partition coefficient (Wildman–Crippen LogP) is 2.97. The molecule has 1 fully saturated rings. The Labute approximate surface area is 108 Å². The van der Waals surface area contributed by atoms with E-state index in [4.69, 9.17) is 0 Å². The van der Waals surface area contributed by atoms with Crippen LogP contribution in [0.5, 0.6) is 5.75 Å². The van der Waals surface area contributed by atoms with Crippen molar-refractivity contribution < 1.29 is 9.90 Å². The summed E-state index contributed by atoms with van der Waals surface area (Å²) in [4.78, 5) is 14.4. The molecular formula is C13H12BrNO2. The average molecular weight is 294 g/mol. The van der Waals surface area contributed by atoms with Gasteiger partial charge < -0.3 is 5.11 Å². The number of halogens is 1. The number of phenolic OH excluding ortho intramolecular Hbond substituents is 1. The number of rotatable bonds is 2. The van der Waals surface area contributed by atoms with Crippen LogP contribution >= 0.6 is 15.9 Å². The lowest BCUT2D eigenvalue weighted by molar-refractivity contribution is 0.455. The number of benzene rings is 1. The van der Waals surface area contributed by atoms with E-state index in [-0.39, 0.29) is 5.75 Å². The summed E-state index contributed by atoms with van der Waals surface area (Å²) in [7, 11) is 0. The lowest BCUT2D eigenvalue weighted by Gasteiger charge is -2.15. The number of aryl methyl sites for hydroxylation is 1. The Hall–Kier alpha value is -1.12. The zero-order valence-corrected chi connectivity index (χ0v) is 10.9. The minimum absolute atomic E-state index is 0.252. The monoisotopic (exact) mass is 293 g/mol. The van der Waals surface area contributed by atoms with Crippen LogP contribution in [-0.4, -0.2) is 11.2 Å². The summed E-state index contributed by atoms with van der Waals surface area (Å²) in [6.07, 6.45) is 6.45. The van der Waals surface area contributed by atoms with Crippen LogP contribution in [0, 0.1) is 0 Å². The van der Waals surface area contributed by atoms with E-state index in [1.165, 1.54) is 11.1 Å². The fourth-order valence-corrected chi connectivity index (χ4v) is 3.35. The molecule has 1 saturated carbocycles. The molecule has 4 heteroatoms. The summed E-state index contributed by atoms with van der Waals surface area (Å²) in [5, 5.41) is 10.2. The molecule has 0 unspecified atom stereocenters. The fraction of sp³-hybridized carbons (Fsp3) is 0.462. The molecule has 0 amide bonds. The number of fused-ring (bicyclic) bond motifs is 1. The average Bonchev–Trinajstić information content (AvgIpc) is 2.92. The lowest BCUT2D eigenvalue weighted by Crippen LogP contribution is -2.05. The van der Waals surface area contributed by atoms with E-state index >= 15 is 0 Å². The van der Waals surface area contributed by atoms with Gasteiger partial charge in [-0.1, -0.05) is 0 Å². The maximum Gasteiger partial charge on any atom is 0.235 e. The standard InChI is InChI=1S/C13H12BrNO2/c14-11-9-3-1-2-8(9)6-10(12(11)17)13(4-5-13)15-7-16/h6,17H,1-5H2. The zero-order chi connectivity index (χ0) is 12.0. The van der Waals surface area contributed by atoms with Crippen molar-refractivity contribution in [1.82, 2.24) is 0 Å². The Morgan fingerprint density at radius 1 is 1.41 bits per heavy atom. The third kappa shape index (κ3) is 1.55. The van der Waals surface area contributed by atoms with Gasteiger partial charge in [0.1, 0.15) is 11.3 Å². The molecule has 0 atom stereocenters. The Morgan fingerprint density at radius 2 is 2.18 bits per heavy atom. The molecule has 0 spiro atoms. The van der Waals surface area contributed by atoms with E-state index in [2.05, 4.69) is 20.9 Å². The highest BCUT2D eigenvalue weighted by atomic mass is 79.9. The fourth-order valence-electron chi connectivity index (χ4n) is 2.68. The number of isocyanates is 1. The van der Waals surface area contributed by atoms with E-state index in [0.717, 1.165) is 42.1 Å². The Morgan fingerprint density at radius 3 is 2.82 bits per heavy atom. The molecule has 2 aliphatic rings. The number of carbonyl (C=O) groups excluding carboxylic acids is 1. The molecule has 0 aromatic heterocycles. The van der Waals surface area contributed by atoms with Crippen molar-refractivity contribution in [2.45, 2.75) is 37.6 Å². The van der Waals surface area contributed by atoms with Crippen molar-refractivity contribution in [1.29, 1.82) is 0 Å². The third-order valence-electron chi connectivity index (χ3n) is 3.79. The molecule has 3 nitrogen and oxygen atoms in total. The van der Waals surface area contributed by atoms with Crippen molar-refractivity contribution in [2.75, 3.05) is 0 Å². The molecule has 0 aliphatic heterocycles. The number of phenols is 1. The molecular weight excluding hydrogens is 282 g/mol. The van der Waals surface area contributed by atoms with Crippen LogP contribution in [0.15, 0.2) is 15.5 Å². The molecule has 1 N–H and O–H groups in total. The second-order valence-corrected chi connectivity index (χ2v) is 5.61. The minimum Gasteiger partial charge on any atom is -0.506 e. The van der Waals surface area contributed by atoms with Crippen molar-refractivity contribution in [3.8, 4) is 5.75 Å². The van der Waals surface area contributed by atoms with Crippen LogP contribution in [0.3, 0.4) is 0 Å². The first-order valence-corrected chi connectivity index (χ1v) is 6.60. The van der Waals surface area contributed by atoms with E-state index in [1.54, 1.807) is 6.08 Å². The molecule has 0 radical (unpaired) electrons. The van der Waals surface area contributed by atoms with Gasteiger partial charge in [0.05, 0.1) is 4.47 Å². The van der Waals surface area contributed by atoms with Gasteiger partial charge in [-0.25, -0.2) is 4.79 Å². The van der Waals surface area contributed by atoms with Gasteiger partial charge in [0.2, 0.25) is 6.08 Å². The van der Waals surface area contributed by atoms with Crippen molar-refractivity contribution >= 4 is 22.0 Å². The maximum atomic E-state index is 10.5. The first-order valence-electron chi connectivity index (χ1n) is 5.81. The third-order valence-corrected chi connectivity index (χ3v) is 4.65. The van der Waals surface area contributed by atoms with Crippen LogP contribution < -0.4 is 0 Å². The number of nitrogens with zero attached hydrogens (tertiary/aromatic N) is 1. The first-order chi connectivity index (χ1) is 8.18. The summed E-state index contributed by atoms with van der Waals surface area (Å²) in [6, 6.07) is 2.02. The number of aliphatic imine (C=N–C) groups is 1. The van der Waals surface area contributed by atoms with E-state index in [1.807, 2.05) is 6.07 Å². The van der Waals surface area contributed by atoms with E-state index < -0.39 is 5.54 Å². The topological polar surface area (TPSA) is 49.7 Å². The van der Waals surface area contributed by atoms with E-state index in [9.17, 15) is 9.90 Å². The normalized spacial score (nSPS) is 19.6. The maximum absolute atomic E-state index is 10.5. The molecule has 2 aliphatic carbocycles. The number of hydrogen-bond acceptors (Lipinski definition) is 3. The molecule has 1 aromatic rings. The van der Waals surface area contributed by atoms with E-state index in [0.29, 0.717) is 0 Å². The summed E-state index contributed by atoms with van der Waals surface area (Å²) in [6.45, 7) is 0. The number of aromatic hydroxyl groups is 1. The van der Waals surface area contributed by atoms with Crippen molar-refractivity contribution in [2.24, 2.45) is 4.99 Å². The highest BCUT2D eigenvalue weighted by molar-refractivity contribution is 9.10.